The van der Waals surface area contributed by atoms with Crippen LogP contribution in [-0.4, -0.2) is 34.9 Å². The van der Waals surface area contributed by atoms with E-state index in [0.29, 0.717) is 6.42 Å². The molecule has 216 valence electrons. The Morgan fingerprint density at radius 3 is 1.68 bits per heavy atom. The topological polar surface area (TPSA) is 69.6 Å². The number of allylic oxidation sites excluding steroid dienone is 5. The highest BCUT2D eigenvalue weighted by atomic mass is 16.3. The summed E-state index contributed by atoms with van der Waals surface area (Å²) in [6.45, 7) is 4.23. The molecule has 1 amide bonds. The fourth-order valence-corrected chi connectivity index (χ4v) is 4.38. The first-order valence-corrected chi connectivity index (χ1v) is 15.7. The van der Waals surface area contributed by atoms with Crippen LogP contribution in [0.1, 0.15) is 149 Å². The lowest BCUT2D eigenvalue weighted by atomic mass is 10.1. The molecule has 2 unspecified atom stereocenters. The van der Waals surface area contributed by atoms with Crippen molar-refractivity contribution >= 4 is 5.91 Å². The third kappa shape index (κ3) is 26.0. The first-order chi connectivity index (χ1) is 18.2. The second-order valence-corrected chi connectivity index (χ2v) is 10.5. The average molecular weight is 520 g/mol. The second kappa shape index (κ2) is 29.2. The van der Waals surface area contributed by atoms with Gasteiger partial charge in [0.05, 0.1) is 18.8 Å². The SMILES string of the molecule is CCCCC/C=C\C/C=C\CCCCCCCC(=O)NC(CO)C(O)/C=C/CCCCCCCCCC. The van der Waals surface area contributed by atoms with Crippen LogP contribution in [0.5, 0.6) is 0 Å². The van der Waals surface area contributed by atoms with Crippen molar-refractivity contribution in [1.82, 2.24) is 5.32 Å². The monoisotopic (exact) mass is 519 g/mol. The van der Waals surface area contributed by atoms with Gasteiger partial charge in [-0.3, -0.25) is 4.79 Å². The number of hydrogen-bond acceptors (Lipinski definition) is 3. The van der Waals surface area contributed by atoms with Crippen LogP contribution >= 0.6 is 0 Å². The maximum atomic E-state index is 12.2. The number of nitrogens with one attached hydrogen (secondary N) is 1. The van der Waals surface area contributed by atoms with Gasteiger partial charge in [0, 0.05) is 6.42 Å². The molecule has 37 heavy (non-hydrogen) atoms. The third-order valence-corrected chi connectivity index (χ3v) is 6.87. The molecule has 0 aromatic heterocycles. The van der Waals surface area contributed by atoms with Crippen molar-refractivity contribution in [3.63, 3.8) is 0 Å². The number of carbonyl (C=O) groups is 1. The van der Waals surface area contributed by atoms with Crippen molar-refractivity contribution in [3.8, 4) is 0 Å². The van der Waals surface area contributed by atoms with Crippen molar-refractivity contribution in [3.05, 3.63) is 36.5 Å². The Kier molecular flexibility index (Phi) is 28.1. The molecular formula is C33H61NO3. The number of rotatable bonds is 27. The van der Waals surface area contributed by atoms with Gasteiger partial charge in [0.15, 0.2) is 0 Å². The molecule has 0 fully saturated rings. The molecule has 0 heterocycles. The summed E-state index contributed by atoms with van der Waals surface area (Å²) in [5.74, 6) is -0.0831. The highest BCUT2D eigenvalue weighted by Gasteiger charge is 2.17. The van der Waals surface area contributed by atoms with Gasteiger partial charge in [-0.15, -0.1) is 0 Å². The lowest BCUT2D eigenvalue weighted by molar-refractivity contribution is -0.123. The van der Waals surface area contributed by atoms with Crippen LogP contribution in [0, 0.1) is 0 Å². The van der Waals surface area contributed by atoms with Crippen molar-refractivity contribution in [2.24, 2.45) is 0 Å². The van der Waals surface area contributed by atoms with Gasteiger partial charge >= 0.3 is 0 Å². The van der Waals surface area contributed by atoms with Gasteiger partial charge in [0.25, 0.3) is 0 Å². The standard InChI is InChI=1S/C33H61NO3/c1-3-5-7-9-11-13-15-16-17-18-19-21-23-25-27-29-33(37)34-31(30-35)32(36)28-26-24-22-20-14-12-10-8-6-4-2/h11,13,16-17,26,28,31-32,35-36H,3-10,12,14-15,18-25,27,29-30H2,1-2H3,(H,34,37)/b13-11-,17-16-,28-26+. The largest absolute Gasteiger partial charge is 0.394 e. The summed E-state index contributed by atoms with van der Waals surface area (Å²) in [6.07, 6.45) is 36.4. The molecule has 0 rings (SSSR count). The molecule has 0 saturated heterocycles. The zero-order valence-electron chi connectivity index (χ0n) is 24.5. The molecule has 4 nitrogen and oxygen atoms in total. The van der Waals surface area contributed by atoms with Crippen LogP contribution in [0.25, 0.3) is 0 Å². The van der Waals surface area contributed by atoms with Gasteiger partial charge in [-0.25, -0.2) is 0 Å². The van der Waals surface area contributed by atoms with Crippen molar-refractivity contribution < 1.29 is 15.0 Å². The van der Waals surface area contributed by atoms with Crippen molar-refractivity contribution in [2.75, 3.05) is 6.61 Å². The Morgan fingerprint density at radius 2 is 1.11 bits per heavy atom. The average Bonchev–Trinajstić information content (AvgIpc) is 2.90. The van der Waals surface area contributed by atoms with Gasteiger partial charge in [-0.05, 0) is 51.4 Å². The predicted octanol–water partition coefficient (Wildman–Crippen LogP) is 8.72. The van der Waals surface area contributed by atoms with E-state index in [-0.39, 0.29) is 12.5 Å². The first-order valence-electron chi connectivity index (χ1n) is 15.7. The first kappa shape index (κ1) is 35.6. The van der Waals surface area contributed by atoms with Crippen molar-refractivity contribution in [1.29, 1.82) is 0 Å². The minimum absolute atomic E-state index is 0.0831. The Morgan fingerprint density at radius 1 is 0.649 bits per heavy atom. The van der Waals surface area contributed by atoms with Crippen LogP contribution in [0.3, 0.4) is 0 Å². The van der Waals surface area contributed by atoms with E-state index in [0.717, 1.165) is 44.9 Å². The molecule has 2 atom stereocenters. The molecule has 0 spiro atoms. The molecule has 4 heteroatoms. The van der Waals surface area contributed by atoms with Gasteiger partial charge in [-0.1, -0.05) is 127 Å². The summed E-state index contributed by atoms with van der Waals surface area (Å²) in [4.78, 5) is 12.2. The minimum Gasteiger partial charge on any atom is -0.394 e. The van der Waals surface area contributed by atoms with Crippen LogP contribution in [0.15, 0.2) is 36.5 Å². The zero-order chi connectivity index (χ0) is 27.2. The second-order valence-electron chi connectivity index (χ2n) is 10.5. The molecule has 0 aromatic rings. The fraction of sp³-hybridized carbons (Fsp3) is 0.788. The summed E-state index contributed by atoms with van der Waals surface area (Å²) in [6, 6.07) is -0.625. The number of carbonyl (C=O) groups excluding carboxylic acids is 1. The maximum absolute atomic E-state index is 12.2. The molecule has 0 aromatic carbocycles. The van der Waals surface area contributed by atoms with E-state index in [1.807, 2.05) is 6.08 Å². The Bertz CT molecular complexity index is 570. The molecule has 0 saturated carbocycles. The number of amides is 1. The van der Waals surface area contributed by atoms with Crippen LogP contribution < -0.4 is 5.32 Å². The lowest BCUT2D eigenvalue weighted by Crippen LogP contribution is -2.45. The summed E-state index contributed by atoms with van der Waals surface area (Å²) in [5.41, 5.74) is 0. The molecular weight excluding hydrogens is 458 g/mol. The Hall–Kier alpha value is -1.39. The van der Waals surface area contributed by atoms with Crippen LogP contribution in [0.4, 0.5) is 0 Å². The maximum Gasteiger partial charge on any atom is 0.220 e. The van der Waals surface area contributed by atoms with E-state index in [1.54, 1.807) is 6.08 Å². The fourth-order valence-electron chi connectivity index (χ4n) is 4.38. The minimum atomic E-state index is -0.840. The number of unbranched alkanes of at least 4 members (excludes halogenated alkanes) is 16. The molecule has 0 aliphatic heterocycles. The Balaban J connectivity index is 3.72. The quantitative estimate of drug-likeness (QED) is 0.0750. The molecule has 3 N–H and O–H groups in total. The highest BCUT2D eigenvalue weighted by molar-refractivity contribution is 5.76. The van der Waals surface area contributed by atoms with Crippen LogP contribution in [-0.2, 0) is 4.79 Å². The molecule has 0 radical (unpaired) electrons. The third-order valence-electron chi connectivity index (χ3n) is 6.87. The summed E-state index contributed by atoms with van der Waals surface area (Å²) in [7, 11) is 0. The van der Waals surface area contributed by atoms with Crippen molar-refractivity contribution in [2.45, 2.75) is 161 Å². The van der Waals surface area contributed by atoms with Crippen LogP contribution in [0.2, 0.25) is 0 Å². The molecule has 0 aliphatic rings. The smallest absolute Gasteiger partial charge is 0.220 e. The van der Waals surface area contributed by atoms with E-state index in [4.69, 9.17) is 0 Å². The van der Waals surface area contributed by atoms with Gasteiger partial charge in [0.1, 0.15) is 0 Å². The van der Waals surface area contributed by atoms with E-state index in [1.165, 1.54) is 83.5 Å². The van der Waals surface area contributed by atoms with E-state index in [9.17, 15) is 15.0 Å². The highest BCUT2D eigenvalue weighted by Crippen LogP contribution is 2.11. The number of aliphatic hydroxyl groups excluding tert-OH is 2. The Labute approximate surface area is 230 Å². The van der Waals surface area contributed by atoms with Gasteiger partial charge in [-0.2, -0.15) is 0 Å². The normalized spacial score (nSPS) is 13.7. The van der Waals surface area contributed by atoms with Gasteiger partial charge < -0.3 is 15.5 Å². The van der Waals surface area contributed by atoms with E-state index in [2.05, 4.69) is 43.5 Å². The summed E-state index contributed by atoms with van der Waals surface area (Å²) >= 11 is 0. The summed E-state index contributed by atoms with van der Waals surface area (Å²) < 4.78 is 0. The molecule has 0 bridgehead atoms. The number of aliphatic hydroxyl groups is 2. The summed E-state index contributed by atoms with van der Waals surface area (Å²) in [5, 5.41) is 22.7. The predicted molar refractivity (Wildman–Crippen MR) is 161 cm³/mol. The number of hydrogen-bond donors (Lipinski definition) is 3. The lowest BCUT2D eigenvalue weighted by Gasteiger charge is -2.20. The van der Waals surface area contributed by atoms with E-state index >= 15 is 0 Å². The zero-order valence-corrected chi connectivity index (χ0v) is 24.5. The molecule has 0 aliphatic carbocycles. The van der Waals surface area contributed by atoms with E-state index < -0.39 is 12.1 Å². The van der Waals surface area contributed by atoms with Gasteiger partial charge in [0.2, 0.25) is 5.91 Å².